The van der Waals surface area contributed by atoms with E-state index in [1.807, 2.05) is 12.4 Å². The molecule has 1 fully saturated rings. The summed E-state index contributed by atoms with van der Waals surface area (Å²) in [6.45, 7) is 5.09. The molecule has 4 heteroatoms. The molecule has 96 valence electrons. The standard InChI is InChI=1S/C13H23N3O/c1-3-16-10-7-14-12(16)11-13(17)5-4-8-15(2)9-6-13/h7,10,17H,3-6,8-9,11H2,1-2H3. The summed E-state index contributed by atoms with van der Waals surface area (Å²) in [5, 5.41) is 10.7. The molecule has 1 aliphatic rings. The molecule has 0 bridgehead atoms. The van der Waals surface area contributed by atoms with Gasteiger partial charge in [0.25, 0.3) is 0 Å². The van der Waals surface area contributed by atoms with Gasteiger partial charge in [0.15, 0.2) is 0 Å². The lowest BCUT2D eigenvalue weighted by molar-refractivity contribution is 0.0237. The van der Waals surface area contributed by atoms with E-state index in [0.29, 0.717) is 6.42 Å². The van der Waals surface area contributed by atoms with Gasteiger partial charge in [-0.05, 0) is 39.8 Å². The maximum atomic E-state index is 10.7. The van der Waals surface area contributed by atoms with Crippen molar-refractivity contribution >= 4 is 0 Å². The fraction of sp³-hybridized carbons (Fsp3) is 0.769. The molecule has 1 saturated heterocycles. The van der Waals surface area contributed by atoms with Gasteiger partial charge in [0, 0.05) is 31.9 Å². The van der Waals surface area contributed by atoms with Crippen molar-refractivity contribution in [2.24, 2.45) is 0 Å². The van der Waals surface area contributed by atoms with Crippen molar-refractivity contribution in [2.75, 3.05) is 20.1 Å². The van der Waals surface area contributed by atoms with E-state index in [0.717, 1.165) is 44.7 Å². The first-order valence-electron chi connectivity index (χ1n) is 6.54. The average molecular weight is 237 g/mol. The third-order valence-corrected chi connectivity index (χ3v) is 3.77. The van der Waals surface area contributed by atoms with Crippen molar-refractivity contribution in [1.82, 2.24) is 14.5 Å². The zero-order chi connectivity index (χ0) is 12.3. The van der Waals surface area contributed by atoms with Crippen LogP contribution in [0.2, 0.25) is 0 Å². The highest BCUT2D eigenvalue weighted by Crippen LogP contribution is 2.25. The average Bonchev–Trinajstić information content (AvgIpc) is 2.66. The molecule has 0 aliphatic carbocycles. The maximum Gasteiger partial charge on any atom is 0.111 e. The monoisotopic (exact) mass is 237 g/mol. The van der Waals surface area contributed by atoms with Crippen LogP contribution >= 0.6 is 0 Å². The molecule has 1 aromatic heterocycles. The Bertz CT molecular complexity index is 363. The van der Waals surface area contributed by atoms with E-state index in [2.05, 4.69) is 28.4 Å². The second-order valence-corrected chi connectivity index (χ2v) is 5.19. The van der Waals surface area contributed by atoms with Crippen LogP contribution in [0.4, 0.5) is 0 Å². The fourth-order valence-electron chi connectivity index (χ4n) is 2.58. The van der Waals surface area contributed by atoms with Gasteiger partial charge in [0.1, 0.15) is 5.82 Å². The predicted molar refractivity (Wildman–Crippen MR) is 67.9 cm³/mol. The molecule has 0 radical (unpaired) electrons. The van der Waals surface area contributed by atoms with Crippen LogP contribution in [-0.2, 0) is 13.0 Å². The molecular weight excluding hydrogens is 214 g/mol. The van der Waals surface area contributed by atoms with E-state index in [9.17, 15) is 5.11 Å². The topological polar surface area (TPSA) is 41.3 Å². The minimum Gasteiger partial charge on any atom is -0.389 e. The second kappa shape index (κ2) is 5.19. The summed E-state index contributed by atoms with van der Waals surface area (Å²) in [7, 11) is 2.12. The molecular formula is C13H23N3O. The first-order chi connectivity index (χ1) is 8.13. The van der Waals surface area contributed by atoms with Crippen LogP contribution in [-0.4, -0.2) is 45.3 Å². The Kier molecular flexibility index (Phi) is 3.84. The van der Waals surface area contributed by atoms with E-state index in [4.69, 9.17) is 0 Å². The molecule has 17 heavy (non-hydrogen) atoms. The summed E-state index contributed by atoms with van der Waals surface area (Å²) in [5.74, 6) is 1.01. The largest absolute Gasteiger partial charge is 0.389 e. The van der Waals surface area contributed by atoms with Crippen LogP contribution in [0.1, 0.15) is 32.0 Å². The minimum absolute atomic E-state index is 0.566. The van der Waals surface area contributed by atoms with Gasteiger partial charge in [-0.25, -0.2) is 4.98 Å². The summed E-state index contributed by atoms with van der Waals surface area (Å²) in [6.07, 6.45) is 7.29. The van der Waals surface area contributed by atoms with Crippen molar-refractivity contribution in [3.63, 3.8) is 0 Å². The Morgan fingerprint density at radius 3 is 3.00 bits per heavy atom. The molecule has 1 atom stereocenters. The highest BCUT2D eigenvalue weighted by Gasteiger charge is 2.30. The number of likely N-dealkylation sites (tertiary alicyclic amines) is 1. The van der Waals surface area contributed by atoms with E-state index < -0.39 is 5.60 Å². The van der Waals surface area contributed by atoms with E-state index in [1.165, 1.54) is 0 Å². The third-order valence-electron chi connectivity index (χ3n) is 3.77. The van der Waals surface area contributed by atoms with Gasteiger partial charge >= 0.3 is 0 Å². The molecule has 0 saturated carbocycles. The molecule has 2 rings (SSSR count). The van der Waals surface area contributed by atoms with Crippen LogP contribution < -0.4 is 0 Å². The molecule has 4 nitrogen and oxygen atoms in total. The minimum atomic E-state index is -0.566. The van der Waals surface area contributed by atoms with Gasteiger partial charge in [-0.2, -0.15) is 0 Å². The maximum absolute atomic E-state index is 10.7. The van der Waals surface area contributed by atoms with Crippen LogP contribution in [0, 0.1) is 0 Å². The van der Waals surface area contributed by atoms with Gasteiger partial charge in [-0.3, -0.25) is 0 Å². The number of nitrogens with zero attached hydrogens (tertiary/aromatic N) is 3. The Morgan fingerprint density at radius 1 is 1.41 bits per heavy atom. The number of hydrogen-bond acceptors (Lipinski definition) is 3. The number of hydrogen-bond donors (Lipinski definition) is 1. The number of imidazole rings is 1. The molecule has 1 unspecified atom stereocenters. The van der Waals surface area contributed by atoms with Crippen LogP contribution in [0.5, 0.6) is 0 Å². The Morgan fingerprint density at radius 2 is 2.24 bits per heavy atom. The summed E-state index contributed by atoms with van der Waals surface area (Å²) in [6, 6.07) is 0. The number of aromatic nitrogens is 2. The fourth-order valence-corrected chi connectivity index (χ4v) is 2.58. The first-order valence-corrected chi connectivity index (χ1v) is 6.54. The predicted octanol–water partition coefficient (Wildman–Crippen LogP) is 1.29. The van der Waals surface area contributed by atoms with Gasteiger partial charge in [-0.1, -0.05) is 0 Å². The van der Waals surface area contributed by atoms with E-state index >= 15 is 0 Å². The SMILES string of the molecule is CCn1ccnc1CC1(O)CCCN(C)CC1. The summed E-state index contributed by atoms with van der Waals surface area (Å²) in [4.78, 5) is 6.66. The molecule has 1 N–H and O–H groups in total. The van der Waals surface area contributed by atoms with Crippen LogP contribution in [0.25, 0.3) is 0 Å². The van der Waals surface area contributed by atoms with Gasteiger partial charge in [-0.15, -0.1) is 0 Å². The van der Waals surface area contributed by atoms with Crippen molar-refractivity contribution in [3.05, 3.63) is 18.2 Å². The van der Waals surface area contributed by atoms with Gasteiger partial charge in [0.2, 0.25) is 0 Å². The number of aliphatic hydroxyl groups is 1. The lowest BCUT2D eigenvalue weighted by Gasteiger charge is -2.26. The number of aryl methyl sites for hydroxylation is 1. The normalized spacial score (nSPS) is 27.0. The molecule has 0 spiro atoms. The van der Waals surface area contributed by atoms with Gasteiger partial charge in [0.05, 0.1) is 5.60 Å². The molecule has 0 aromatic carbocycles. The van der Waals surface area contributed by atoms with E-state index in [1.54, 1.807) is 0 Å². The van der Waals surface area contributed by atoms with Crippen molar-refractivity contribution in [3.8, 4) is 0 Å². The first kappa shape index (κ1) is 12.6. The molecule has 2 heterocycles. The van der Waals surface area contributed by atoms with Crippen molar-refractivity contribution in [1.29, 1.82) is 0 Å². The molecule has 0 amide bonds. The quantitative estimate of drug-likeness (QED) is 0.861. The number of rotatable bonds is 3. The Labute approximate surface area is 103 Å². The smallest absolute Gasteiger partial charge is 0.111 e. The van der Waals surface area contributed by atoms with Crippen LogP contribution in [0.15, 0.2) is 12.4 Å². The highest BCUT2D eigenvalue weighted by atomic mass is 16.3. The summed E-state index contributed by atoms with van der Waals surface area (Å²) in [5.41, 5.74) is -0.566. The second-order valence-electron chi connectivity index (χ2n) is 5.19. The molecule has 1 aromatic rings. The van der Waals surface area contributed by atoms with Crippen molar-refractivity contribution in [2.45, 2.75) is 44.8 Å². The Hall–Kier alpha value is -0.870. The molecule has 1 aliphatic heterocycles. The zero-order valence-corrected chi connectivity index (χ0v) is 10.9. The Balaban J connectivity index is 2.06. The summed E-state index contributed by atoms with van der Waals surface area (Å²) < 4.78 is 2.12. The van der Waals surface area contributed by atoms with Crippen LogP contribution in [0.3, 0.4) is 0 Å². The third kappa shape index (κ3) is 3.07. The zero-order valence-electron chi connectivity index (χ0n) is 10.9. The van der Waals surface area contributed by atoms with E-state index in [-0.39, 0.29) is 0 Å². The van der Waals surface area contributed by atoms with Gasteiger partial charge < -0.3 is 14.6 Å². The summed E-state index contributed by atoms with van der Waals surface area (Å²) >= 11 is 0. The lowest BCUT2D eigenvalue weighted by Crippen LogP contribution is -2.34. The highest BCUT2D eigenvalue weighted by molar-refractivity contribution is 4.99. The van der Waals surface area contributed by atoms with Crippen molar-refractivity contribution < 1.29 is 5.11 Å². The lowest BCUT2D eigenvalue weighted by atomic mass is 9.91.